The van der Waals surface area contributed by atoms with Crippen molar-refractivity contribution in [2.75, 3.05) is 6.54 Å². The summed E-state index contributed by atoms with van der Waals surface area (Å²) < 4.78 is 13.6. The number of hydrogen-bond acceptors (Lipinski definition) is 1. The molecule has 0 atom stereocenters. The van der Waals surface area contributed by atoms with Crippen LogP contribution in [0.25, 0.3) is 0 Å². The number of aryl methyl sites for hydroxylation is 2. The van der Waals surface area contributed by atoms with Crippen LogP contribution < -0.4 is 5.32 Å². The van der Waals surface area contributed by atoms with Crippen molar-refractivity contribution in [3.8, 4) is 0 Å². The van der Waals surface area contributed by atoms with Crippen molar-refractivity contribution in [3.63, 3.8) is 0 Å². The van der Waals surface area contributed by atoms with Gasteiger partial charge >= 0.3 is 0 Å². The van der Waals surface area contributed by atoms with E-state index < -0.39 is 5.82 Å². The number of benzene rings is 2. The minimum Gasteiger partial charge on any atom is -0.352 e. The highest BCUT2D eigenvalue weighted by molar-refractivity contribution is 5.94. The van der Waals surface area contributed by atoms with Crippen LogP contribution in [0.4, 0.5) is 4.39 Å². The second-order valence-corrected chi connectivity index (χ2v) is 4.92. The van der Waals surface area contributed by atoms with Crippen LogP contribution in [0, 0.1) is 19.7 Å². The first-order chi connectivity index (χ1) is 9.58. The smallest absolute Gasteiger partial charge is 0.254 e. The molecule has 0 radical (unpaired) electrons. The molecule has 0 aromatic heterocycles. The second-order valence-electron chi connectivity index (χ2n) is 4.92. The number of halogens is 1. The van der Waals surface area contributed by atoms with Crippen LogP contribution in [0.2, 0.25) is 0 Å². The fourth-order valence-electron chi connectivity index (χ4n) is 2.11. The predicted octanol–water partition coefficient (Wildman–Crippen LogP) is 3.42. The van der Waals surface area contributed by atoms with Crippen LogP contribution in [0.15, 0.2) is 42.5 Å². The highest BCUT2D eigenvalue weighted by Crippen LogP contribution is 2.10. The zero-order valence-electron chi connectivity index (χ0n) is 11.7. The highest BCUT2D eigenvalue weighted by atomic mass is 19.1. The van der Waals surface area contributed by atoms with E-state index in [1.165, 1.54) is 17.2 Å². The number of carbonyl (C=O) groups is 1. The molecule has 0 aliphatic rings. The fraction of sp³-hybridized carbons (Fsp3) is 0.235. The molecular weight excluding hydrogens is 253 g/mol. The van der Waals surface area contributed by atoms with Crippen LogP contribution in [0.5, 0.6) is 0 Å². The van der Waals surface area contributed by atoms with Crippen LogP contribution in [0.1, 0.15) is 27.0 Å². The number of carbonyl (C=O) groups excluding carboxylic acids is 1. The quantitative estimate of drug-likeness (QED) is 0.907. The van der Waals surface area contributed by atoms with Crippen molar-refractivity contribution < 1.29 is 9.18 Å². The molecular formula is C17H18FNO. The molecule has 2 rings (SSSR count). The third kappa shape index (κ3) is 3.44. The van der Waals surface area contributed by atoms with Gasteiger partial charge in [0.1, 0.15) is 5.82 Å². The van der Waals surface area contributed by atoms with Crippen LogP contribution in [-0.4, -0.2) is 12.5 Å². The first kappa shape index (κ1) is 14.3. The summed E-state index contributed by atoms with van der Waals surface area (Å²) in [6.07, 6.45) is 0.742. The molecule has 0 spiro atoms. The van der Waals surface area contributed by atoms with Gasteiger partial charge in [-0.3, -0.25) is 4.79 Å². The van der Waals surface area contributed by atoms with E-state index in [0.29, 0.717) is 6.54 Å². The Morgan fingerprint density at radius 1 is 1.15 bits per heavy atom. The molecule has 0 saturated heterocycles. The Morgan fingerprint density at radius 3 is 2.65 bits per heavy atom. The van der Waals surface area contributed by atoms with Gasteiger partial charge in [0.25, 0.3) is 5.91 Å². The zero-order chi connectivity index (χ0) is 14.5. The lowest BCUT2D eigenvalue weighted by atomic mass is 10.1. The van der Waals surface area contributed by atoms with Crippen molar-refractivity contribution in [2.24, 2.45) is 0 Å². The molecule has 0 aliphatic heterocycles. The van der Waals surface area contributed by atoms with Crippen molar-refractivity contribution >= 4 is 5.91 Å². The Labute approximate surface area is 118 Å². The van der Waals surface area contributed by atoms with Gasteiger partial charge in [-0.05, 0) is 43.5 Å². The van der Waals surface area contributed by atoms with E-state index in [1.54, 1.807) is 12.1 Å². The summed E-state index contributed by atoms with van der Waals surface area (Å²) in [6, 6.07) is 12.6. The molecule has 1 amide bonds. The summed E-state index contributed by atoms with van der Waals surface area (Å²) in [5.41, 5.74) is 3.37. The van der Waals surface area contributed by atoms with Gasteiger partial charge in [0.05, 0.1) is 5.56 Å². The van der Waals surface area contributed by atoms with Crippen LogP contribution in [0.3, 0.4) is 0 Å². The van der Waals surface area contributed by atoms with Gasteiger partial charge in [-0.25, -0.2) is 4.39 Å². The minimum absolute atomic E-state index is 0.106. The number of rotatable bonds is 4. The van der Waals surface area contributed by atoms with Gasteiger partial charge < -0.3 is 5.32 Å². The minimum atomic E-state index is -0.482. The molecule has 1 N–H and O–H groups in total. The molecule has 0 saturated carbocycles. The topological polar surface area (TPSA) is 29.1 Å². The van der Waals surface area contributed by atoms with Gasteiger partial charge in [0.15, 0.2) is 0 Å². The van der Waals surface area contributed by atoms with Gasteiger partial charge in [0.2, 0.25) is 0 Å². The molecule has 2 nitrogen and oxygen atoms in total. The normalized spacial score (nSPS) is 10.3. The van der Waals surface area contributed by atoms with Crippen LogP contribution in [-0.2, 0) is 6.42 Å². The molecule has 0 fully saturated rings. The third-order valence-corrected chi connectivity index (χ3v) is 3.31. The SMILES string of the molecule is Cc1ccc(F)c(C(=O)NCCc2ccccc2C)c1. The van der Waals surface area contributed by atoms with E-state index in [4.69, 9.17) is 0 Å². The average molecular weight is 271 g/mol. The molecule has 2 aromatic rings. The van der Waals surface area contributed by atoms with Crippen molar-refractivity contribution in [3.05, 3.63) is 70.5 Å². The lowest BCUT2D eigenvalue weighted by Gasteiger charge is -2.08. The summed E-state index contributed by atoms with van der Waals surface area (Å²) in [6.45, 7) is 4.37. The van der Waals surface area contributed by atoms with Crippen molar-refractivity contribution in [1.29, 1.82) is 0 Å². The molecule has 0 aliphatic carbocycles. The molecule has 2 aromatic carbocycles. The molecule has 20 heavy (non-hydrogen) atoms. The van der Waals surface area contributed by atoms with E-state index in [1.807, 2.05) is 38.1 Å². The molecule has 3 heteroatoms. The monoisotopic (exact) mass is 271 g/mol. The van der Waals surface area contributed by atoms with Gasteiger partial charge in [-0.15, -0.1) is 0 Å². The lowest BCUT2D eigenvalue weighted by molar-refractivity contribution is 0.0950. The van der Waals surface area contributed by atoms with E-state index in [-0.39, 0.29) is 11.5 Å². The van der Waals surface area contributed by atoms with Crippen LogP contribution >= 0.6 is 0 Å². The molecule has 104 valence electrons. The Hall–Kier alpha value is -2.16. The van der Waals surface area contributed by atoms with E-state index in [9.17, 15) is 9.18 Å². The summed E-state index contributed by atoms with van der Waals surface area (Å²) in [7, 11) is 0. The maximum absolute atomic E-state index is 13.6. The maximum atomic E-state index is 13.6. The Bertz CT molecular complexity index is 622. The Kier molecular flexibility index (Phi) is 4.51. The summed E-state index contributed by atoms with van der Waals surface area (Å²) in [4.78, 5) is 11.9. The Morgan fingerprint density at radius 2 is 1.90 bits per heavy atom. The molecule has 0 heterocycles. The number of amides is 1. The summed E-state index contributed by atoms with van der Waals surface area (Å²) in [5.74, 6) is -0.844. The van der Waals surface area contributed by atoms with Gasteiger partial charge in [-0.2, -0.15) is 0 Å². The first-order valence-electron chi connectivity index (χ1n) is 6.67. The maximum Gasteiger partial charge on any atom is 0.254 e. The van der Waals surface area contributed by atoms with Gasteiger partial charge in [0, 0.05) is 6.54 Å². The largest absolute Gasteiger partial charge is 0.352 e. The predicted molar refractivity (Wildman–Crippen MR) is 78.4 cm³/mol. The van der Waals surface area contributed by atoms with Crippen molar-refractivity contribution in [1.82, 2.24) is 5.32 Å². The molecule has 0 unspecified atom stereocenters. The lowest BCUT2D eigenvalue weighted by Crippen LogP contribution is -2.26. The average Bonchev–Trinajstić information content (AvgIpc) is 2.43. The van der Waals surface area contributed by atoms with Crippen molar-refractivity contribution in [2.45, 2.75) is 20.3 Å². The fourth-order valence-corrected chi connectivity index (χ4v) is 2.11. The standard InChI is InChI=1S/C17H18FNO/c1-12-7-8-16(18)15(11-12)17(20)19-10-9-14-6-4-3-5-13(14)2/h3-8,11H,9-10H2,1-2H3,(H,19,20). The third-order valence-electron chi connectivity index (χ3n) is 3.31. The summed E-state index contributed by atoms with van der Waals surface area (Å²) in [5, 5.41) is 2.76. The highest BCUT2D eigenvalue weighted by Gasteiger charge is 2.11. The second kappa shape index (κ2) is 6.33. The molecule has 0 bridgehead atoms. The first-order valence-corrected chi connectivity index (χ1v) is 6.67. The van der Waals surface area contributed by atoms with E-state index >= 15 is 0 Å². The van der Waals surface area contributed by atoms with E-state index in [0.717, 1.165) is 12.0 Å². The van der Waals surface area contributed by atoms with E-state index in [2.05, 4.69) is 5.32 Å². The Balaban J connectivity index is 1.96. The number of nitrogens with one attached hydrogen (secondary N) is 1. The van der Waals surface area contributed by atoms with Gasteiger partial charge in [-0.1, -0.05) is 35.9 Å². The number of hydrogen-bond donors (Lipinski definition) is 1. The zero-order valence-corrected chi connectivity index (χ0v) is 11.7. The summed E-state index contributed by atoms with van der Waals surface area (Å²) >= 11 is 0.